The number of hydrogen-bond acceptors (Lipinski definition) is 5. The predicted octanol–water partition coefficient (Wildman–Crippen LogP) is 4.32. The summed E-state index contributed by atoms with van der Waals surface area (Å²) in [4.78, 5) is 12.6. The van der Waals surface area contributed by atoms with Crippen LogP contribution in [0, 0.1) is 34.6 Å². The van der Waals surface area contributed by atoms with Gasteiger partial charge >= 0.3 is 0 Å². The smallest absolute Gasteiger partial charge is 0.291 e. The van der Waals surface area contributed by atoms with Crippen LogP contribution in [-0.2, 0) is 16.4 Å². The van der Waals surface area contributed by atoms with Crippen LogP contribution in [0.15, 0.2) is 39.6 Å². The molecule has 3 rings (SSSR count). The third kappa shape index (κ3) is 4.56. The van der Waals surface area contributed by atoms with Gasteiger partial charge in [-0.3, -0.25) is 4.79 Å². The molecular weight excluding hydrogens is 428 g/mol. The first-order chi connectivity index (χ1) is 14.9. The molecule has 1 amide bonds. The third-order valence-corrected chi connectivity index (χ3v) is 7.05. The van der Waals surface area contributed by atoms with Gasteiger partial charge in [0, 0.05) is 12.5 Å². The largest absolute Gasteiger partial charge is 0.495 e. The van der Waals surface area contributed by atoms with Crippen LogP contribution >= 0.6 is 0 Å². The molecule has 170 valence electrons. The lowest BCUT2D eigenvalue weighted by Crippen LogP contribution is -2.14. The van der Waals surface area contributed by atoms with E-state index in [1.54, 1.807) is 12.1 Å². The van der Waals surface area contributed by atoms with Gasteiger partial charge < -0.3 is 14.5 Å². The molecule has 7 nitrogen and oxygen atoms in total. The summed E-state index contributed by atoms with van der Waals surface area (Å²) in [5.41, 5.74) is 7.79. The molecule has 0 aliphatic carbocycles. The number of ether oxygens (including phenoxy) is 1. The summed E-state index contributed by atoms with van der Waals surface area (Å²) in [6, 6.07) is 7.39. The Morgan fingerprint density at radius 2 is 1.56 bits per heavy atom. The van der Waals surface area contributed by atoms with Gasteiger partial charge in [-0.2, -0.15) is 0 Å². The van der Waals surface area contributed by atoms with E-state index < -0.39 is 15.9 Å². The fourth-order valence-electron chi connectivity index (χ4n) is 3.75. The van der Waals surface area contributed by atoms with Crippen molar-refractivity contribution in [3.8, 4) is 5.75 Å². The molecule has 3 aromatic rings. The van der Waals surface area contributed by atoms with E-state index in [1.165, 1.54) is 58.7 Å². The average Bonchev–Trinajstić information content (AvgIpc) is 3.22. The molecule has 3 N–H and O–H groups in total. The van der Waals surface area contributed by atoms with Crippen LogP contribution in [0.4, 0.5) is 5.69 Å². The molecule has 1 aromatic heterocycles. The molecule has 0 saturated heterocycles. The first kappa shape index (κ1) is 23.6. The standard InChI is InChI=1S/C24H28N2O5S/c1-13-14(2)16(4)20(17(5)15(13)3)11-18-7-10-22(31-18)24(27)26-21-9-8-19(32(25,28)29)12-23(21)30-6/h7-10,12H,11H2,1-6H3,(H,26,27)(H2,25,28,29). The Bertz CT molecular complexity index is 1280. The lowest BCUT2D eigenvalue weighted by molar-refractivity contribution is 0.0994. The van der Waals surface area contributed by atoms with E-state index in [-0.39, 0.29) is 16.4 Å². The minimum Gasteiger partial charge on any atom is -0.495 e. The maximum atomic E-state index is 12.7. The van der Waals surface area contributed by atoms with Crippen molar-refractivity contribution < 1.29 is 22.4 Å². The van der Waals surface area contributed by atoms with Gasteiger partial charge in [-0.25, -0.2) is 13.6 Å². The van der Waals surface area contributed by atoms with Crippen molar-refractivity contribution in [3.05, 3.63) is 75.2 Å². The number of carbonyl (C=O) groups excluding carboxylic acids is 1. The second-order valence-corrected chi connectivity index (χ2v) is 9.47. The zero-order valence-electron chi connectivity index (χ0n) is 19.1. The topological polar surface area (TPSA) is 112 Å². The van der Waals surface area contributed by atoms with Crippen LogP contribution in [0.5, 0.6) is 5.75 Å². The molecule has 0 fully saturated rings. The van der Waals surface area contributed by atoms with Crippen molar-refractivity contribution in [3.63, 3.8) is 0 Å². The molecule has 0 bridgehead atoms. The lowest BCUT2D eigenvalue weighted by atomic mass is 9.88. The van der Waals surface area contributed by atoms with E-state index in [2.05, 4.69) is 39.9 Å². The van der Waals surface area contributed by atoms with Crippen LogP contribution in [0.3, 0.4) is 0 Å². The second kappa shape index (κ2) is 8.80. The summed E-state index contributed by atoms with van der Waals surface area (Å²) >= 11 is 0. The molecule has 2 aromatic carbocycles. The van der Waals surface area contributed by atoms with Gasteiger partial charge in [-0.15, -0.1) is 0 Å². The molecule has 0 radical (unpaired) electrons. The fraction of sp³-hybridized carbons (Fsp3) is 0.292. The van der Waals surface area contributed by atoms with E-state index in [0.717, 1.165) is 0 Å². The number of hydrogen-bond donors (Lipinski definition) is 2. The summed E-state index contributed by atoms with van der Waals surface area (Å²) in [5, 5.41) is 7.84. The van der Waals surface area contributed by atoms with E-state index in [4.69, 9.17) is 14.3 Å². The fourth-order valence-corrected chi connectivity index (χ4v) is 4.28. The number of benzene rings is 2. The highest BCUT2D eigenvalue weighted by molar-refractivity contribution is 7.89. The van der Waals surface area contributed by atoms with Gasteiger partial charge in [0.25, 0.3) is 5.91 Å². The van der Waals surface area contributed by atoms with Crippen LogP contribution in [-0.4, -0.2) is 21.4 Å². The van der Waals surface area contributed by atoms with Crippen LogP contribution in [0.2, 0.25) is 0 Å². The minimum atomic E-state index is -3.89. The van der Waals surface area contributed by atoms with Gasteiger partial charge in [0.15, 0.2) is 5.76 Å². The summed E-state index contributed by atoms with van der Waals surface area (Å²) in [6.07, 6.45) is 0.583. The van der Waals surface area contributed by atoms with E-state index in [9.17, 15) is 13.2 Å². The van der Waals surface area contributed by atoms with Crippen LogP contribution < -0.4 is 15.2 Å². The van der Waals surface area contributed by atoms with Crippen molar-refractivity contribution in [1.29, 1.82) is 0 Å². The Balaban J connectivity index is 1.84. The lowest BCUT2D eigenvalue weighted by Gasteiger charge is -2.18. The van der Waals surface area contributed by atoms with E-state index in [1.807, 2.05) is 0 Å². The van der Waals surface area contributed by atoms with Crippen LogP contribution in [0.1, 0.15) is 49.7 Å². The van der Waals surface area contributed by atoms with Crippen LogP contribution in [0.25, 0.3) is 0 Å². The Morgan fingerprint density at radius 1 is 0.969 bits per heavy atom. The van der Waals surface area contributed by atoms with Gasteiger partial charge in [-0.1, -0.05) is 0 Å². The van der Waals surface area contributed by atoms with Gasteiger partial charge in [-0.05, 0) is 92.3 Å². The molecule has 0 saturated carbocycles. The third-order valence-electron chi connectivity index (χ3n) is 6.14. The summed E-state index contributed by atoms with van der Waals surface area (Å²) in [7, 11) is -2.51. The molecule has 0 aliphatic heterocycles. The first-order valence-electron chi connectivity index (χ1n) is 10.1. The molecule has 1 heterocycles. The molecule has 0 unspecified atom stereocenters. The average molecular weight is 457 g/mol. The highest BCUT2D eigenvalue weighted by Crippen LogP contribution is 2.30. The maximum absolute atomic E-state index is 12.7. The Kier molecular flexibility index (Phi) is 6.48. The zero-order valence-corrected chi connectivity index (χ0v) is 19.9. The molecule has 32 heavy (non-hydrogen) atoms. The first-order valence-corrected chi connectivity index (χ1v) is 11.7. The number of sulfonamides is 1. The Hall–Kier alpha value is -3.10. The van der Waals surface area contributed by atoms with Gasteiger partial charge in [0.2, 0.25) is 10.0 Å². The SMILES string of the molecule is COc1cc(S(N)(=O)=O)ccc1NC(=O)c1ccc(Cc2c(C)c(C)c(C)c(C)c2C)o1. The number of carbonyl (C=O) groups is 1. The number of furan rings is 1. The maximum Gasteiger partial charge on any atom is 0.291 e. The molecule has 8 heteroatoms. The molecule has 0 atom stereocenters. The number of anilines is 1. The number of methoxy groups -OCH3 is 1. The summed E-state index contributed by atoms with van der Waals surface area (Å²) < 4.78 is 34.1. The monoisotopic (exact) mass is 456 g/mol. The van der Waals surface area contributed by atoms with Crippen molar-refractivity contribution in [2.24, 2.45) is 5.14 Å². The molecule has 0 aliphatic rings. The number of rotatable bonds is 6. The van der Waals surface area contributed by atoms with Crippen molar-refractivity contribution >= 4 is 21.6 Å². The second-order valence-electron chi connectivity index (χ2n) is 7.91. The van der Waals surface area contributed by atoms with Crippen molar-refractivity contribution in [2.75, 3.05) is 12.4 Å². The zero-order chi connectivity index (χ0) is 23.8. The minimum absolute atomic E-state index is 0.109. The Morgan fingerprint density at radius 3 is 2.12 bits per heavy atom. The quantitative estimate of drug-likeness (QED) is 0.574. The number of nitrogens with one attached hydrogen (secondary N) is 1. The van der Waals surface area contributed by atoms with E-state index in [0.29, 0.717) is 17.9 Å². The van der Waals surface area contributed by atoms with Gasteiger partial charge in [0.05, 0.1) is 17.7 Å². The highest BCUT2D eigenvalue weighted by Gasteiger charge is 2.18. The molecule has 0 spiro atoms. The number of amides is 1. The van der Waals surface area contributed by atoms with Crippen molar-refractivity contribution in [1.82, 2.24) is 0 Å². The summed E-state index contributed by atoms with van der Waals surface area (Å²) in [6.45, 7) is 10.6. The normalized spacial score (nSPS) is 11.5. The van der Waals surface area contributed by atoms with E-state index >= 15 is 0 Å². The highest BCUT2D eigenvalue weighted by atomic mass is 32.2. The van der Waals surface area contributed by atoms with Crippen molar-refractivity contribution in [2.45, 2.75) is 45.9 Å². The number of primary sulfonamides is 1. The molecular formula is C24H28N2O5S. The summed E-state index contributed by atoms with van der Waals surface area (Å²) in [5.74, 6) is 0.533. The Labute approximate surface area is 188 Å². The number of nitrogens with two attached hydrogens (primary N) is 1. The predicted molar refractivity (Wildman–Crippen MR) is 124 cm³/mol. The van der Waals surface area contributed by atoms with Gasteiger partial charge in [0.1, 0.15) is 11.5 Å².